The molecule has 2 saturated carbocycles. The molecule has 0 radical (unpaired) electrons. The van der Waals surface area contributed by atoms with Gasteiger partial charge in [-0.15, -0.1) is 0 Å². The van der Waals surface area contributed by atoms with Crippen LogP contribution in [0.1, 0.15) is 38.5 Å². The van der Waals surface area contributed by atoms with Crippen LogP contribution in [0.3, 0.4) is 0 Å². The fourth-order valence-electron chi connectivity index (χ4n) is 2.97. The van der Waals surface area contributed by atoms with Crippen molar-refractivity contribution in [2.24, 2.45) is 11.7 Å². The number of likely N-dealkylation sites (N-methyl/N-ethyl adjacent to an activating group) is 1. The zero-order valence-corrected chi connectivity index (χ0v) is 12.8. The molecule has 2 N–H and O–H groups in total. The van der Waals surface area contributed by atoms with Crippen LogP contribution in [-0.4, -0.2) is 56.4 Å². The largest absolute Gasteiger partial charge is 0.468 e. The minimum atomic E-state index is -0.805. The molecule has 0 spiro atoms. The average Bonchev–Trinajstić information content (AvgIpc) is 3.26. The first-order chi connectivity index (χ1) is 9.55. The van der Waals surface area contributed by atoms with E-state index in [9.17, 15) is 4.79 Å². The van der Waals surface area contributed by atoms with Crippen LogP contribution in [0.5, 0.6) is 0 Å². The lowest BCUT2D eigenvalue weighted by Crippen LogP contribution is -2.55. The van der Waals surface area contributed by atoms with Gasteiger partial charge in [-0.1, -0.05) is 0 Å². The van der Waals surface area contributed by atoms with Gasteiger partial charge in [-0.3, -0.25) is 4.79 Å². The van der Waals surface area contributed by atoms with Gasteiger partial charge in [-0.25, -0.2) is 0 Å². The Kier molecular flexibility index (Phi) is 5.41. The van der Waals surface area contributed by atoms with Crippen LogP contribution in [0.25, 0.3) is 0 Å². The SMILES string of the molecule is COC(=O)C1(N)CCCC(N(C)CCOCC2CC2)C1. The highest BCUT2D eigenvalue weighted by atomic mass is 16.5. The Labute approximate surface area is 121 Å². The summed E-state index contributed by atoms with van der Waals surface area (Å²) in [5.41, 5.74) is 5.41. The Morgan fingerprint density at radius 1 is 1.40 bits per heavy atom. The number of nitrogens with zero attached hydrogens (tertiary/aromatic N) is 1. The van der Waals surface area contributed by atoms with Crippen molar-refractivity contribution in [2.45, 2.75) is 50.1 Å². The third-order valence-electron chi connectivity index (χ3n) is 4.61. The minimum Gasteiger partial charge on any atom is -0.468 e. The molecule has 0 aromatic rings. The van der Waals surface area contributed by atoms with Crippen molar-refractivity contribution in [2.75, 3.05) is 33.9 Å². The monoisotopic (exact) mass is 284 g/mol. The number of nitrogens with two attached hydrogens (primary N) is 1. The van der Waals surface area contributed by atoms with Crippen molar-refractivity contribution >= 4 is 5.97 Å². The summed E-state index contributed by atoms with van der Waals surface area (Å²) < 4.78 is 10.5. The van der Waals surface area contributed by atoms with Gasteiger partial charge in [0.05, 0.1) is 13.7 Å². The van der Waals surface area contributed by atoms with Crippen LogP contribution in [0.4, 0.5) is 0 Å². The van der Waals surface area contributed by atoms with Crippen molar-refractivity contribution in [3.05, 3.63) is 0 Å². The molecule has 0 saturated heterocycles. The number of carbonyl (C=O) groups is 1. The third kappa shape index (κ3) is 4.17. The number of esters is 1. The zero-order chi connectivity index (χ0) is 14.6. The van der Waals surface area contributed by atoms with E-state index in [1.54, 1.807) is 0 Å². The van der Waals surface area contributed by atoms with Gasteiger partial charge >= 0.3 is 5.97 Å². The highest BCUT2D eigenvalue weighted by Gasteiger charge is 2.41. The molecule has 2 aliphatic carbocycles. The van der Waals surface area contributed by atoms with Crippen LogP contribution in [-0.2, 0) is 14.3 Å². The third-order valence-corrected chi connectivity index (χ3v) is 4.61. The summed E-state index contributed by atoms with van der Waals surface area (Å²) in [6, 6.07) is 0.345. The minimum absolute atomic E-state index is 0.277. The van der Waals surface area contributed by atoms with E-state index in [-0.39, 0.29) is 5.97 Å². The normalized spacial score (nSPS) is 30.5. The van der Waals surface area contributed by atoms with Gasteiger partial charge in [0.15, 0.2) is 0 Å². The zero-order valence-electron chi connectivity index (χ0n) is 12.8. The van der Waals surface area contributed by atoms with E-state index in [4.69, 9.17) is 15.2 Å². The van der Waals surface area contributed by atoms with Gasteiger partial charge in [0.2, 0.25) is 0 Å². The molecule has 116 valence electrons. The van der Waals surface area contributed by atoms with Gasteiger partial charge in [0.25, 0.3) is 0 Å². The maximum absolute atomic E-state index is 11.8. The van der Waals surface area contributed by atoms with Gasteiger partial charge in [0, 0.05) is 19.2 Å². The molecule has 20 heavy (non-hydrogen) atoms. The van der Waals surface area contributed by atoms with Crippen LogP contribution in [0.2, 0.25) is 0 Å². The number of hydrogen-bond donors (Lipinski definition) is 1. The molecule has 2 aliphatic rings. The molecule has 0 aromatic heterocycles. The van der Waals surface area contributed by atoms with Crippen molar-refractivity contribution in [1.82, 2.24) is 4.90 Å². The molecule has 2 atom stereocenters. The summed E-state index contributed by atoms with van der Waals surface area (Å²) in [6.07, 6.45) is 6.13. The van der Waals surface area contributed by atoms with Crippen molar-refractivity contribution in [3.63, 3.8) is 0 Å². The van der Waals surface area contributed by atoms with E-state index >= 15 is 0 Å². The molecular weight excluding hydrogens is 256 g/mol. The predicted molar refractivity (Wildman–Crippen MR) is 77.4 cm³/mol. The molecular formula is C15H28N2O3. The maximum Gasteiger partial charge on any atom is 0.325 e. The van der Waals surface area contributed by atoms with E-state index < -0.39 is 5.54 Å². The molecule has 2 fully saturated rings. The standard InChI is InChI=1S/C15H28N2O3/c1-17(8-9-20-11-12-5-6-12)13-4-3-7-15(16,10-13)14(18)19-2/h12-13H,3-11,16H2,1-2H3. The Bertz CT molecular complexity index is 333. The molecule has 0 aliphatic heterocycles. The molecule has 0 amide bonds. The van der Waals surface area contributed by atoms with E-state index in [2.05, 4.69) is 11.9 Å². The molecule has 2 unspecified atom stereocenters. The summed E-state index contributed by atoms with van der Waals surface area (Å²) in [5, 5.41) is 0. The lowest BCUT2D eigenvalue weighted by molar-refractivity contribution is -0.149. The smallest absolute Gasteiger partial charge is 0.325 e. The maximum atomic E-state index is 11.8. The van der Waals surface area contributed by atoms with Crippen molar-refractivity contribution in [3.8, 4) is 0 Å². The van der Waals surface area contributed by atoms with Crippen LogP contribution >= 0.6 is 0 Å². The summed E-state index contributed by atoms with van der Waals surface area (Å²) in [5.74, 6) is 0.534. The van der Waals surface area contributed by atoms with Gasteiger partial charge < -0.3 is 20.1 Å². The van der Waals surface area contributed by atoms with E-state index in [1.165, 1.54) is 20.0 Å². The topological polar surface area (TPSA) is 64.8 Å². The van der Waals surface area contributed by atoms with E-state index in [0.717, 1.165) is 44.9 Å². The van der Waals surface area contributed by atoms with Crippen molar-refractivity contribution in [1.29, 1.82) is 0 Å². The lowest BCUT2D eigenvalue weighted by Gasteiger charge is -2.39. The molecule has 0 bridgehead atoms. The second-order valence-corrected chi connectivity index (χ2v) is 6.40. The predicted octanol–water partition coefficient (Wildman–Crippen LogP) is 1.16. The van der Waals surface area contributed by atoms with Crippen LogP contribution in [0.15, 0.2) is 0 Å². The Morgan fingerprint density at radius 3 is 2.80 bits per heavy atom. The number of rotatable bonds is 7. The van der Waals surface area contributed by atoms with Gasteiger partial charge in [0.1, 0.15) is 5.54 Å². The number of hydrogen-bond acceptors (Lipinski definition) is 5. The highest BCUT2D eigenvalue weighted by Crippen LogP contribution is 2.30. The van der Waals surface area contributed by atoms with Crippen molar-refractivity contribution < 1.29 is 14.3 Å². The molecule has 2 rings (SSSR count). The van der Waals surface area contributed by atoms with Crippen LogP contribution < -0.4 is 5.73 Å². The second kappa shape index (κ2) is 6.87. The summed E-state index contributed by atoms with van der Waals surface area (Å²) in [4.78, 5) is 14.1. The summed E-state index contributed by atoms with van der Waals surface area (Å²) in [7, 11) is 3.50. The summed E-state index contributed by atoms with van der Waals surface area (Å²) >= 11 is 0. The van der Waals surface area contributed by atoms with Gasteiger partial charge in [-0.05, 0) is 51.5 Å². The first-order valence-corrected chi connectivity index (χ1v) is 7.70. The Balaban J connectivity index is 1.73. The van der Waals surface area contributed by atoms with E-state index in [0.29, 0.717) is 12.5 Å². The number of ether oxygens (including phenoxy) is 2. The quantitative estimate of drug-likeness (QED) is 0.561. The molecule has 5 nitrogen and oxygen atoms in total. The van der Waals surface area contributed by atoms with Crippen LogP contribution in [0, 0.1) is 5.92 Å². The van der Waals surface area contributed by atoms with Gasteiger partial charge in [-0.2, -0.15) is 0 Å². The molecule has 5 heteroatoms. The first kappa shape index (κ1) is 15.7. The Hall–Kier alpha value is -0.650. The fourth-order valence-corrected chi connectivity index (χ4v) is 2.97. The molecule has 0 aromatic carbocycles. The highest BCUT2D eigenvalue weighted by molar-refractivity contribution is 5.80. The summed E-state index contributed by atoms with van der Waals surface area (Å²) in [6.45, 7) is 2.56. The van der Waals surface area contributed by atoms with E-state index in [1.807, 2.05) is 0 Å². The average molecular weight is 284 g/mol. The second-order valence-electron chi connectivity index (χ2n) is 6.40. The number of carbonyl (C=O) groups excluding carboxylic acids is 1. The Morgan fingerprint density at radius 2 is 2.15 bits per heavy atom. The number of methoxy groups -OCH3 is 1. The first-order valence-electron chi connectivity index (χ1n) is 7.70. The fraction of sp³-hybridized carbons (Fsp3) is 0.933. The molecule has 0 heterocycles. The lowest BCUT2D eigenvalue weighted by atomic mass is 9.79.